The van der Waals surface area contributed by atoms with Crippen molar-refractivity contribution in [3.63, 3.8) is 0 Å². The van der Waals surface area contributed by atoms with Crippen molar-refractivity contribution in [3.05, 3.63) is 57.1 Å². The van der Waals surface area contributed by atoms with Gasteiger partial charge in [0.1, 0.15) is 0 Å². The average Bonchev–Trinajstić information content (AvgIpc) is 3.10. The van der Waals surface area contributed by atoms with Gasteiger partial charge in [0, 0.05) is 18.9 Å². The Morgan fingerprint density at radius 2 is 2.04 bits per heavy atom. The maximum absolute atomic E-state index is 12.3. The molecule has 10 nitrogen and oxygen atoms in total. The summed E-state index contributed by atoms with van der Waals surface area (Å²) in [6.07, 6.45) is 5.70. The molecule has 0 fully saturated rings. The Labute approximate surface area is 154 Å². The molecule has 3 rings (SSSR count). The van der Waals surface area contributed by atoms with E-state index in [0.717, 1.165) is 11.3 Å². The molecule has 27 heavy (non-hydrogen) atoms. The lowest BCUT2D eigenvalue weighted by molar-refractivity contribution is 0.260. The summed E-state index contributed by atoms with van der Waals surface area (Å²) in [5.74, 6) is 0. The molecular weight excluding hydrogens is 376 g/mol. The Kier molecular flexibility index (Phi) is 5.26. The lowest BCUT2D eigenvalue weighted by Gasteiger charge is -2.13. The highest BCUT2D eigenvalue weighted by Crippen LogP contribution is 2.20. The molecule has 0 spiro atoms. The number of nitrogens with one attached hydrogen (secondary N) is 1. The minimum Gasteiger partial charge on any atom is -0.316 e. The first-order chi connectivity index (χ1) is 12.8. The molecule has 144 valence electrons. The first kappa shape index (κ1) is 19.0. The average molecular weight is 394 g/mol. The number of fused-ring (bicyclic) bond motifs is 1. The standard InChI is InChI=1S/C16H18N4O6S/c1-11-8-12-14(9-13(11)19-6-4-17-10-19)20(16(22)15(21)18-12)5-2-3-7-26-27(23,24)25/h4,6,8-10H,2-3,5,7H2,1H3,(H,18,21)(H,23,24,25). The third-order valence-electron chi connectivity index (χ3n) is 4.08. The SMILES string of the molecule is Cc1cc2[nH]c(=O)c(=O)n(CCCCOS(=O)(=O)O)c2cc1-n1ccnc1. The van der Waals surface area contributed by atoms with Crippen molar-refractivity contribution in [1.29, 1.82) is 0 Å². The molecule has 2 aromatic heterocycles. The molecule has 0 amide bonds. The number of nitrogens with zero attached hydrogens (tertiary/aromatic N) is 3. The van der Waals surface area contributed by atoms with E-state index in [1.807, 2.05) is 6.92 Å². The van der Waals surface area contributed by atoms with E-state index in [0.29, 0.717) is 17.5 Å². The van der Waals surface area contributed by atoms with Crippen LogP contribution < -0.4 is 11.1 Å². The van der Waals surface area contributed by atoms with Crippen LogP contribution in [0.2, 0.25) is 0 Å². The van der Waals surface area contributed by atoms with Gasteiger partial charge in [-0.1, -0.05) is 0 Å². The summed E-state index contributed by atoms with van der Waals surface area (Å²) in [6, 6.07) is 3.57. The van der Waals surface area contributed by atoms with Gasteiger partial charge in [-0.25, -0.2) is 9.17 Å². The monoisotopic (exact) mass is 394 g/mol. The number of hydrogen-bond acceptors (Lipinski definition) is 6. The normalized spacial score (nSPS) is 11.9. The molecule has 0 saturated carbocycles. The van der Waals surface area contributed by atoms with Gasteiger partial charge in [-0.3, -0.25) is 14.1 Å². The number of unbranched alkanes of at least 4 members (excludes halogenated alkanes) is 1. The molecule has 0 aliphatic carbocycles. The van der Waals surface area contributed by atoms with Crippen LogP contribution in [-0.2, 0) is 21.1 Å². The highest BCUT2D eigenvalue weighted by molar-refractivity contribution is 7.80. The van der Waals surface area contributed by atoms with Gasteiger partial charge < -0.3 is 14.1 Å². The number of rotatable bonds is 7. The zero-order valence-corrected chi connectivity index (χ0v) is 15.3. The van der Waals surface area contributed by atoms with Gasteiger partial charge in [0.05, 0.1) is 29.7 Å². The largest absolute Gasteiger partial charge is 0.397 e. The van der Waals surface area contributed by atoms with E-state index >= 15 is 0 Å². The molecule has 0 unspecified atom stereocenters. The molecule has 0 atom stereocenters. The highest BCUT2D eigenvalue weighted by Gasteiger charge is 2.11. The number of aryl methyl sites for hydroxylation is 2. The summed E-state index contributed by atoms with van der Waals surface area (Å²) < 4.78 is 37.0. The number of imidazole rings is 1. The van der Waals surface area contributed by atoms with Crippen LogP contribution in [0.5, 0.6) is 0 Å². The van der Waals surface area contributed by atoms with E-state index in [9.17, 15) is 18.0 Å². The van der Waals surface area contributed by atoms with E-state index in [4.69, 9.17) is 4.55 Å². The molecule has 1 aromatic carbocycles. The van der Waals surface area contributed by atoms with Gasteiger partial charge in [-0.15, -0.1) is 0 Å². The Balaban J connectivity index is 1.95. The molecular formula is C16H18N4O6S. The fourth-order valence-corrected chi connectivity index (χ4v) is 3.18. The van der Waals surface area contributed by atoms with Crippen molar-refractivity contribution in [2.75, 3.05) is 6.61 Å². The fraction of sp³-hybridized carbons (Fsp3) is 0.312. The van der Waals surface area contributed by atoms with E-state index in [-0.39, 0.29) is 19.6 Å². The smallest absolute Gasteiger partial charge is 0.316 e. The van der Waals surface area contributed by atoms with E-state index < -0.39 is 21.5 Å². The van der Waals surface area contributed by atoms with Crippen LogP contribution in [0.25, 0.3) is 16.7 Å². The van der Waals surface area contributed by atoms with Crippen LogP contribution in [0.3, 0.4) is 0 Å². The first-order valence-electron chi connectivity index (χ1n) is 8.14. The predicted molar refractivity (Wildman–Crippen MR) is 97.4 cm³/mol. The van der Waals surface area contributed by atoms with Gasteiger partial charge in [-0.2, -0.15) is 8.42 Å². The van der Waals surface area contributed by atoms with E-state index in [2.05, 4.69) is 14.2 Å². The molecule has 0 bridgehead atoms. The molecule has 0 aliphatic rings. The Hall–Kier alpha value is -2.76. The number of aromatic nitrogens is 4. The van der Waals surface area contributed by atoms with Gasteiger partial charge in [-0.05, 0) is 37.5 Å². The summed E-state index contributed by atoms with van der Waals surface area (Å²) in [5.41, 5.74) is 1.35. The second-order valence-corrected chi connectivity index (χ2v) is 7.08. The van der Waals surface area contributed by atoms with Gasteiger partial charge in [0.15, 0.2) is 0 Å². The molecule has 0 radical (unpaired) electrons. The number of H-pyrrole nitrogens is 1. The van der Waals surface area contributed by atoms with Crippen molar-refractivity contribution < 1.29 is 17.2 Å². The first-order valence-corrected chi connectivity index (χ1v) is 9.50. The molecule has 2 N–H and O–H groups in total. The molecule has 2 heterocycles. The van der Waals surface area contributed by atoms with Crippen molar-refractivity contribution in [3.8, 4) is 5.69 Å². The second-order valence-electron chi connectivity index (χ2n) is 5.99. The van der Waals surface area contributed by atoms with Crippen molar-refractivity contribution in [1.82, 2.24) is 19.1 Å². The summed E-state index contributed by atoms with van der Waals surface area (Å²) in [7, 11) is -4.49. The maximum Gasteiger partial charge on any atom is 0.397 e. The predicted octanol–water partition coefficient (Wildman–Crippen LogP) is 0.784. The Morgan fingerprint density at radius 3 is 2.70 bits per heavy atom. The van der Waals surface area contributed by atoms with Crippen molar-refractivity contribution >= 4 is 21.4 Å². The van der Waals surface area contributed by atoms with Gasteiger partial charge in [0.2, 0.25) is 0 Å². The lowest BCUT2D eigenvalue weighted by Crippen LogP contribution is -2.36. The maximum atomic E-state index is 12.3. The number of hydrogen-bond donors (Lipinski definition) is 2. The summed E-state index contributed by atoms with van der Waals surface area (Å²) in [4.78, 5) is 30.9. The van der Waals surface area contributed by atoms with E-state index in [1.165, 1.54) is 4.57 Å². The molecule has 0 aliphatic heterocycles. The molecule has 3 aromatic rings. The van der Waals surface area contributed by atoms with Gasteiger partial charge >= 0.3 is 21.5 Å². The van der Waals surface area contributed by atoms with Gasteiger partial charge in [0.25, 0.3) is 0 Å². The zero-order chi connectivity index (χ0) is 19.6. The molecule has 11 heteroatoms. The fourth-order valence-electron chi connectivity index (χ4n) is 2.85. The van der Waals surface area contributed by atoms with Crippen molar-refractivity contribution in [2.45, 2.75) is 26.3 Å². The van der Waals surface area contributed by atoms with Crippen LogP contribution in [0, 0.1) is 6.92 Å². The van der Waals surface area contributed by atoms with Crippen molar-refractivity contribution in [2.24, 2.45) is 0 Å². The number of benzene rings is 1. The third kappa shape index (κ3) is 4.32. The van der Waals surface area contributed by atoms with Crippen LogP contribution in [0.15, 0.2) is 40.4 Å². The summed E-state index contributed by atoms with van der Waals surface area (Å²) in [5, 5.41) is 0. The van der Waals surface area contributed by atoms with Crippen LogP contribution in [0.4, 0.5) is 0 Å². The third-order valence-corrected chi connectivity index (χ3v) is 4.55. The summed E-state index contributed by atoms with van der Waals surface area (Å²) >= 11 is 0. The number of aromatic amines is 1. The highest BCUT2D eigenvalue weighted by atomic mass is 32.3. The minimum atomic E-state index is -4.49. The topological polar surface area (TPSA) is 136 Å². The second kappa shape index (κ2) is 7.47. The van der Waals surface area contributed by atoms with Crippen LogP contribution in [-0.4, -0.2) is 38.7 Å². The van der Waals surface area contributed by atoms with E-state index in [1.54, 1.807) is 35.4 Å². The Bertz CT molecular complexity index is 1180. The lowest BCUT2D eigenvalue weighted by atomic mass is 10.1. The molecule has 0 saturated heterocycles. The van der Waals surface area contributed by atoms with Crippen LogP contribution in [0.1, 0.15) is 18.4 Å². The quantitative estimate of drug-likeness (QED) is 0.343. The van der Waals surface area contributed by atoms with Crippen LogP contribution >= 0.6 is 0 Å². The summed E-state index contributed by atoms with van der Waals surface area (Å²) in [6.45, 7) is 1.86. The Morgan fingerprint density at radius 1 is 1.26 bits per heavy atom. The minimum absolute atomic E-state index is 0.195. The zero-order valence-electron chi connectivity index (χ0n) is 14.5.